The van der Waals surface area contributed by atoms with Crippen LogP contribution in [0.2, 0.25) is 0 Å². The molecule has 0 aromatic carbocycles. The van der Waals surface area contributed by atoms with E-state index in [1.165, 1.54) is 0 Å². The lowest BCUT2D eigenvalue weighted by Gasteiger charge is -2.40. The minimum atomic E-state index is -0.0150. The lowest BCUT2D eigenvalue weighted by atomic mass is 10.0. The fraction of sp³-hybridized carbons (Fsp3) is 0.500. The lowest BCUT2D eigenvalue weighted by Crippen LogP contribution is -2.47. The molecule has 0 aliphatic carbocycles. The van der Waals surface area contributed by atoms with Crippen LogP contribution >= 0.6 is 11.3 Å². The van der Waals surface area contributed by atoms with E-state index in [0.717, 1.165) is 40.7 Å². The highest BCUT2D eigenvalue weighted by atomic mass is 32.1. The molecule has 1 saturated heterocycles. The van der Waals surface area contributed by atoms with Crippen LogP contribution in [0, 0.1) is 6.92 Å². The summed E-state index contributed by atoms with van der Waals surface area (Å²) >= 11 is 1.54. The van der Waals surface area contributed by atoms with Gasteiger partial charge in [0.05, 0.1) is 36.3 Å². The molecule has 2 aliphatic heterocycles. The van der Waals surface area contributed by atoms with Crippen molar-refractivity contribution in [3.63, 3.8) is 0 Å². The van der Waals surface area contributed by atoms with Gasteiger partial charge in [0.15, 0.2) is 4.96 Å². The zero-order chi connectivity index (χ0) is 17.0. The zero-order valence-corrected chi connectivity index (χ0v) is 14.6. The molecule has 130 valence electrons. The van der Waals surface area contributed by atoms with Gasteiger partial charge >= 0.3 is 0 Å². The van der Waals surface area contributed by atoms with Gasteiger partial charge in [-0.25, -0.2) is 9.67 Å². The minimum absolute atomic E-state index is 0.0150. The number of aryl methyl sites for hydroxylation is 1. The zero-order valence-electron chi connectivity index (χ0n) is 13.8. The second-order valence-corrected chi connectivity index (χ2v) is 7.90. The van der Waals surface area contributed by atoms with Gasteiger partial charge in [0, 0.05) is 36.8 Å². The SMILES string of the molecule is Cc1cn2c(=O)cc(CN3CCC4OCc5cnnn5C4C3)nc2s1. The lowest BCUT2D eigenvalue weighted by molar-refractivity contribution is -0.0671. The molecule has 0 amide bonds. The summed E-state index contributed by atoms with van der Waals surface area (Å²) in [5.41, 5.74) is 1.83. The van der Waals surface area contributed by atoms with Crippen molar-refractivity contribution in [1.29, 1.82) is 0 Å². The Bertz CT molecular complexity index is 992. The summed E-state index contributed by atoms with van der Waals surface area (Å²) in [5.74, 6) is 0. The normalized spacial score (nSPS) is 23.6. The molecule has 5 rings (SSSR count). The predicted molar refractivity (Wildman–Crippen MR) is 91.6 cm³/mol. The molecular formula is C16H18N6O2S. The number of hydrogen-bond acceptors (Lipinski definition) is 7. The van der Waals surface area contributed by atoms with Gasteiger partial charge in [-0.2, -0.15) is 0 Å². The van der Waals surface area contributed by atoms with Gasteiger partial charge in [-0.1, -0.05) is 5.21 Å². The second kappa shape index (κ2) is 5.72. The third-order valence-electron chi connectivity index (χ3n) is 4.93. The number of hydrogen-bond donors (Lipinski definition) is 0. The summed E-state index contributed by atoms with van der Waals surface area (Å²) in [5, 5.41) is 8.24. The number of rotatable bonds is 2. The molecule has 2 unspecified atom stereocenters. The maximum absolute atomic E-state index is 12.3. The van der Waals surface area contributed by atoms with E-state index in [-0.39, 0.29) is 17.7 Å². The number of thiazole rings is 1. The van der Waals surface area contributed by atoms with Gasteiger partial charge in [0.25, 0.3) is 5.56 Å². The van der Waals surface area contributed by atoms with Gasteiger partial charge in [0.2, 0.25) is 0 Å². The molecule has 0 saturated carbocycles. The van der Waals surface area contributed by atoms with Crippen molar-refractivity contribution in [3.8, 4) is 0 Å². The molecule has 3 aromatic heterocycles. The average molecular weight is 358 g/mol. The van der Waals surface area contributed by atoms with Crippen molar-refractivity contribution in [2.45, 2.75) is 38.6 Å². The second-order valence-electron chi connectivity index (χ2n) is 6.69. The minimum Gasteiger partial charge on any atom is -0.370 e. The number of nitrogens with zero attached hydrogens (tertiary/aromatic N) is 6. The first-order valence-corrected chi connectivity index (χ1v) is 9.21. The van der Waals surface area contributed by atoms with E-state index in [9.17, 15) is 4.79 Å². The van der Waals surface area contributed by atoms with Crippen LogP contribution in [-0.4, -0.2) is 48.5 Å². The Morgan fingerprint density at radius 2 is 2.36 bits per heavy atom. The summed E-state index contributed by atoms with van der Waals surface area (Å²) in [4.78, 5) is 21.1. The number of piperidine rings is 1. The van der Waals surface area contributed by atoms with Gasteiger partial charge < -0.3 is 4.74 Å². The molecule has 0 N–H and O–H groups in total. The van der Waals surface area contributed by atoms with Gasteiger partial charge in [0.1, 0.15) is 0 Å². The van der Waals surface area contributed by atoms with Crippen molar-refractivity contribution >= 4 is 16.3 Å². The van der Waals surface area contributed by atoms with E-state index in [2.05, 4.69) is 20.2 Å². The molecule has 9 heteroatoms. The molecule has 25 heavy (non-hydrogen) atoms. The summed E-state index contributed by atoms with van der Waals surface area (Å²) in [6.07, 6.45) is 4.75. The van der Waals surface area contributed by atoms with Crippen LogP contribution in [0.4, 0.5) is 0 Å². The van der Waals surface area contributed by atoms with Gasteiger partial charge in [-0.05, 0) is 13.3 Å². The Morgan fingerprint density at radius 1 is 1.44 bits per heavy atom. The quantitative estimate of drug-likeness (QED) is 0.680. The summed E-state index contributed by atoms with van der Waals surface area (Å²) in [7, 11) is 0. The van der Waals surface area contributed by atoms with E-state index in [1.54, 1.807) is 28.0 Å². The summed E-state index contributed by atoms with van der Waals surface area (Å²) in [6.45, 7) is 4.99. The van der Waals surface area contributed by atoms with Crippen molar-refractivity contribution in [1.82, 2.24) is 29.3 Å². The van der Waals surface area contributed by atoms with E-state index >= 15 is 0 Å². The Balaban J connectivity index is 1.40. The molecule has 8 nitrogen and oxygen atoms in total. The first-order chi connectivity index (χ1) is 12.2. The number of fused-ring (bicyclic) bond motifs is 4. The van der Waals surface area contributed by atoms with Crippen LogP contribution < -0.4 is 5.56 Å². The standard InChI is InChI=1S/C16H18N6O2S/c1-10-6-21-15(23)4-11(18-16(21)25-10)7-20-3-2-14-13(8-20)22-12(9-24-14)5-17-19-22/h4-6,13-14H,2-3,7-9H2,1H3. The molecule has 0 spiro atoms. The monoisotopic (exact) mass is 358 g/mol. The predicted octanol–water partition coefficient (Wildman–Crippen LogP) is 1.00. The van der Waals surface area contributed by atoms with Crippen molar-refractivity contribution < 1.29 is 4.74 Å². The maximum atomic E-state index is 12.3. The largest absolute Gasteiger partial charge is 0.370 e. The fourth-order valence-corrected chi connectivity index (χ4v) is 4.61. The average Bonchev–Trinajstić information content (AvgIpc) is 3.21. The fourth-order valence-electron chi connectivity index (χ4n) is 3.76. The van der Waals surface area contributed by atoms with E-state index in [1.807, 2.05) is 17.8 Å². The molecule has 2 aliphatic rings. The van der Waals surface area contributed by atoms with E-state index < -0.39 is 0 Å². The highest BCUT2D eigenvalue weighted by molar-refractivity contribution is 7.16. The topological polar surface area (TPSA) is 77.5 Å². The molecule has 0 radical (unpaired) electrons. The molecular weight excluding hydrogens is 340 g/mol. The number of ether oxygens (including phenoxy) is 1. The first-order valence-electron chi connectivity index (χ1n) is 8.39. The molecule has 1 fully saturated rings. The van der Waals surface area contributed by atoms with Crippen LogP contribution in [0.1, 0.15) is 28.7 Å². The van der Waals surface area contributed by atoms with Crippen LogP contribution in [-0.2, 0) is 17.9 Å². The molecule has 5 heterocycles. The van der Waals surface area contributed by atoms with E-state index in [0.29, 0.717) is 13.2 Å². The molecule has 3 aromatic rings. The van der Waals surface area contributed by atoms with Gasteiger partial charge in [-0.3, -0.25) is 14.1 Å². The first kappa shape index (κ1) is 15.2. The highest BCUT2D eigenvalue weighted by Gasteiger charge is 2.36. The van der Waals surface area contributed by atoms with Crippen molar-refractivity contribution in [3.05, 3.63) is 45.1 Å². The molecule has 2 atom stereocenters. The van der Waals surface area contributed by atoms with E-state index in [4.69, 9.17) is 4.74 Å². The van der Waals surface area contributed by atoms with Crippen LogP contribution in [0.25, 0.3) is 4.96 Å². The van der Waals surface area contributed by atoms with Crippen LogP contribution in [0.5, 0.6) is 0 Å². The third kappa shape index (κ3) is 2.59. The number of aromatic nitrogens is 5. The Hall–Kier alpha value is -2.10. The summed E-state index contributed by atoms with van der Waals surface area (Å²) in [6, 6.07) is 1.82. The Kier molecular flexibility index (Phi) is 3.47. The maximum Gasteiger partial charge on any atom is 0.258 e. The Labute approximate surface area is 147 Å². The van der Waals surface area contributed by atoms with Crippen LogP contribution in [0.15, 0.2) is 23.3 Å². The Morgan fingerprint density at radius 3 is 3.28 bits per heavy atom. The van der Waals surface area contributed by atoms with Crippen molar-refractivity contribution in [2.75, 3.05) is 13.1 Å². The summed E-state index contributed by atoms with van der Waals surface area (Å²) < 4.78 is 9.56. The van der Waals surface area contributed by atoms with Gasteiger partial charge in [-0.15, -0.1) is 16.4 Å². The van der Waals surface area contributed by atoms with Crippen molar-refractivity contribution in [2.24, 2.45) is 0 Å². The van der Waals surface area contributed by atoms with Crippen LogP contribution in [0.3, 0.4) is 0 Å². The third-order valence-corrected chi connectivity index (χ3v) is 5.83. The smallest absolute Gasteiger partial charge is 0.258 e. The highest BCUT2D eigenvalue weighted by Crippen LogP contribution is 2.30. The number of likely N-dealkylation sites (tertiary alicyclic amines) is 1. The molecule has 0 bridgehead atoms.